The van der Waals surface area contributed by atoms with E-state index in [-0.39, 0.29) is 5.41 Å². The molecule has 3 rings (SSSR count). The number of amides is 1. The molecule has 0 aliphatic rings. The number of H-pyrrole nitrogens is 1. The first kappa shape index (κ1) is 17.2. The van der Waals surface area contributed by atoms with Crippen molar-refractivity contribution < 1.29 is 9.59 Å². The Morgan fingerprint density at radius 1 is 1.08 bits per heavy atom. The Kier molecular flexibility index (Phi) is 4.39. The number of hydrogen-bond donors (Lipinski definition) is 2. The van der Waals surface area contributed by atoms with Gasteiger partial charge in [0, 0.05) is 27.8 Å². The van der Waals surface area contributed by atoms with Gasteiger partial charge in [0.1, 0.15) is 0 Å². The van der Waals surface area contributed by atoms with Crippen LogP contribution in [0.15, 0.2) is 48.7 Å². The van der Waals surface area contributed by atoms with Crippen molar-refractivity contribution in [2.45, 2.75) is 26.2 Å². The zero-order chi connectivity index (χ0) is 18.2. The first-order chi connectivity index (χ1) is 11.8. The number of halogens is 1. The van der Waals surface area contributed by atoms with Crippen molar-refractivity contribution in [3.05, 3.63) is 64.8 Å². The lowest BCUT2D eigenvalue weighted by molar-refractivity contribution is -0.112. The molecule has 0 saturated carbocycles. The predicted octanol–water partition coefficient (Wildman–Crippen LogP) is 4.94. The Balaban J connectivity index is 1.90. The van der Waals surface area contributed by atoms with Crippen LogP contribution in [0.25, 0.3) is 10.9 Å². The van der Waals surface area contributed by atoms with Crippen LogP contribution in [0.4, 0.5) is 5.69 Å². The zero-order valence-corrected chi connectivity index (χ0v) is 15.1. The van der Waals surface area contributed by atoms with Gasteiger partial charge >= 0.3 is 0 Å². The second kappa shape index (κ2) is 6.37. The molecule has 1 heterocycles. The summed E-state index contributed by atoms with van der Waals surface area (Å²) in [6.07, 6.45) is 1.54. The number of fused-ring (bicyclic) bond motifs is 1. The molecule has 0 radical (unpaired) electrons. The van der Waals surface area contributed by atoms with Gasteiger partial charge in [-0.15, -0.1) is 0 Å². The summed E-state index contributed by atoms with van der Waals surface area (Å²) in [6.45, 7) is 6.18. The van der Waals surface area contributed by atoms with E-state index in [1.807, 2.05) is 18.2 Å². The highest BCUT2D eigenvalue weighted by Crippen LogP contribution is 2.29. The summed E-state index contributed by atoms with van der Waals surface area (Å²) in [5, 5.41) is 3.99. The van der Waals surface area contributed by atoms with E-state index in [1.165, 1.54) is 0 Å². The molecule has 4 nitrogen and oxygen atoms in total. The van der Waals surface area contributed by atoms with Crippen LogP contribution in [0, 0.1) is 0 Å². The van der Waals surface area contributed by atoms with E-state index in [9.17, 15) is 9.59 Å². The molecule has 2 N–H and O–H groups in total. The highest BCUT2D eigenvalue weighted by Gasteiger charge is 2.23. The van der Waals surface area contributed by atoms with Crippen molar-refractivity contribution in [1.29, 1.82) is 0 Å². The minimum absolute atomic E-state index is 0.148. The lowest BCUT2D eigenvalue weighted by atomic mass is 9.86. The topological polar surface area (TPSA) is 62.0 Å². The monoisotopic (exact) mass is 354 g/mol. The van der Waals surface area contributed by atoms with Crippen LogP contribution < -0.4 is 5.32 Å². The molecular weight excluding hydrogens is 336 g/mol. The number of aromatic nitrogens is 1. The average Bonchev–Trinajstić information content (AvgIpc) is 2.96. The van der Waals surface area contributed by atoms with Gasteiger partial charge in [-0.05, 0) is 29.2 Å². The van der Waals surface area contributed by atoms with Gasteiger partial charge < -0.3 is 10.3 Å². The molecule has 0 unspecified atom stereocenters. The van der Waals surface area contributed by atoms with Crippen molar-refractivity contribution >= 4 is 39.9 Å². The van der Waals surface area contributed by atoms with Gasteiger partial charge in [-0.1, -0.05) is 56.6 Å². The number of nitrogens with one attached hydrogen (secondary N) is 2. The van der Waals surface area contributed by atoms with E-state index in [1.54, 1.807) is 30.5 Å². The van der Waals surface area contributed by atoms with Crippen molar-refractivity contribution in [3.8, 4) is 0 Å². The van der Waals surface area contributed by atoms with Gasteiger partial charge in [0.15, 0.2) is 0 Å². The Morgan fingerprint density at radius 2 is 1.80 bits per heavy atom. The number of carbonyl (C=O) groups is 2. The first-order valence-corrected chi connectivity index (χ1v) is 8.37. The molecule has 25 heavy (non-hydrogen) atoms. The fourth-order valence-corrected chi connectivity index (χ4v) is 3.01. The van der Waals surface area contributed by atoms with E-state index in [0.29, 0.717) is 21.7 Å². The van der Waals surface area contributed by atoms with Gasteiger partial charge in [0.05, 0.1) is 5.56 Å². The van der Waals surface area contributed by atoms with Gasteiger partial charge in [-0.2, -0.15) is 0 Å². The van der Waals surface area contributed by atoms with Crippen LogP contribution in [0.2, 0.25) is 5.02 Å². The Morgan fingerprint density at radius 3 is 2.52 bits per heavy atom. The quantitative estimate of drug-likeness (QED) is 0.517. The van der Waals surface area contributed by atoms with E-state index in [4.69, 9.17) is 11.6 Å². The molecule has 0 fully saturated rings. The number of rotatable bonds is 3. The molecule has 5 heteroatoms. The summed E-state index contributed by atoms with van der Waals surface area (Å²) >= 11 is 5.95. The number of anilines is 1. The largest absolute Gasteiger partial charge is 0.360 e. The number of aromatic amines is 1. The zero-order valence-electron chi connectivity index (χ0n) is 14.3. The van der Waals surface area contributed by atoms with Crippen molar-refractivity contribution in [3.63, 3.8) is 0 Å². The molecule has 0 saturated heterocycles. The maximum absolute atomic E-state index is 12.6. The van der Waals surface area contributed by atoms with Gasteiger partial charge in [0.25, 0.3) is 11.7 Å². The molecule has 3 aromatic rings. The average molecular weight is 355 g/mol. The molecule has 1 amide bonds. The van der Waals surface area contributed by atoms with Crippen LogP contribution in [-0.4, -0.2) is 16.7 Å². The third-order valence-corrected chi connectivity index (χ3v) is 4.31. The molecule has 0 spiro atoms. The minimum Gasteiger partial charge on any atom is -0.360 e. The fraction of sp³-hybridized carbons (Fsp3) is 0.200. The first-order valence-electron chi connectivity index (χ1n) is 7.99. The summed E-state index contributed by atoms with van der Waals surface area (Å²) in [7, 11) is 0. The Labute approximate surface area is 151 Å². The number of para-hydroxylation sites is 1. The number of carbonyl (C=O) groups excluding carboxylic acids is 2. The van der Waals surface area contributed by atoms with Crippen LogP contribution in [-0.2, 0) is 10.2 Å². The minimum atomic E-state index is -0.660. The lowest BCUT2D eigenvalue weighted by Gasteiger charge is -2.22. The normalized spacial score (nSPS) is 11.5. The van der Waals surface area contributed by atoms with E-state index in [0.717, 1.165) is 11.1 Å². The third kappa shape index (κ3) is 3.44. The molecular formula is C20H19ClN2O2. The number of ketones is 1. The van der Waals surface area contributed by atoms with E-state index in [2.05, 4.69) is 31.1 Å². The molecule has 1 aromatic heterocycles. The maximum atomic E-state index is 12.6. The van der Waals surface area contributed by atoms with Gasteiger partial charge in [-0.25, -0.2) is 0 Å². The SMILES string of the molecule is CC(C)(C)c1ccccc1NC(=O)C(=O)c1c[nH]c2cc(Cl)ccc12. The highest BCUT2D eigenvalue weighted by atomic mass is 35.5. The molecule has 0 aliphatic heterocycles. The summed E-state index contributed by atoms with van der Waals surface area (Å²) in [5.74, 6) is -1.25. The molecule has 0 bridgehead atoms. The van der Waals surface area contributed by atoms with Crippen LogP contribution in [0.3, 0.4) is 0 Å². The van der Waals surface area contributed by atoms with Gasteiger partial charge in [0.2, 0.25) is 0 Å². The standard InChI is InChI=1S/C20H19ClN2O2/c1-20(2,3)15-6-4-5-7-16(15)23-19(25)18(24)14-11-22-17-10-12(21)8-9-13(14)17/h4-11,22H,1-3H3,(H,23,25). The fourth-order valence-electron chi connectivity index (χ4n) is 2.83. The Hall–Kier alpha value is -2.59. The summed E-state index contributed by atoms with van der Waals surface area (Å²) in [4.78, 5) is 28.1. The highest BCUT2D eigenvalue weighted by molar-refractivity contribution is 6.48. The molecule has 0 atom stereocenters. The molecule has 128 valence electrons. The Bertz CT molecular complexity index is 967. The van der Waals surface area contributed by atoms with Crippen LogP contribution in [0.1, 0.15) is 36.7 Å². The van der Waals surface area contributed by atoms with E-state index < -0.39 is 11.7 Å². The third-order valence-electron chi connectivity index (χ3n) is 4.08. The number of benzene rings is 2. The van der Waals surface area contributed by atoms with E-state index >= 15 is 0 Å². The van der Waals surface area contributed by atoms with Crippen LogP contribution in [0.5, 0.6) is 0 Å². The summed E-state index contributed by atoms with van der Waals surface area (Å²) < 4.78 is 0. The number of hydrogen-bond acceptors (Lipinski definition) is 2. The van der Waals surface area contributed by atoms with Crippen LogP contribution >= 0.6 is 11.6 Å². The predicted molar refractivity (Wildman–Crippen MR) is 101 cm³/mol. The maximum Gasteiger partial charge on any atom is 0.296 e. The van der Waals surface area contributed by atoms with Crippen molar-refractivity contribution in [2.24, 2.45) is 0 Å². The summed E-state index contributed by atoms with van der Waals surface area (Å²) in [6, 6.07) is 12.7. The second-order valence-electron chi connectivity index (χ2n) is 6.97. The second-order valence-corrected chi connectivity index (χ2v) is 7.41. The summed E-state index contributed by atoms with van der Waals surface area (Å²) in [5.41, 5.74) is 2.53. The van der Waals surface area contributed by atoms with Crippen molar-refractivity contribution in [2.75, 3.05) is 5.32 Å². The molecule has 2 aromatic carbocycles. The van der Waals surface area contributed by atoms with Gasteiger partial charge in [-0.3, -0.25) is 9.59 Å². The number of Topliss-reactive ketones (excluding diaryl/α,β-unsaturated/α-hetero) is 1. The molecule has 0 aliphatic carbocycles. The smallest absolute Gasteiger partial charge is 0.296 e. The van der Waals surface area contributed by atoms with Crippen molar-refractivity contribution in [1.82, 2.24) is 4.98 Å². The lowest BCUT2D eigenvalue weighted by Crippen LogP contribution is -2.25.